The van der Waals surface area contributed by atoms with Crippen molar-refractivity contribution in [2.45, 2.75) is 44.9 Å². The van der Waals surface area contributed by atoms with Crippen molar-refractivity contribution in [3.05, 3.63) is 0 Å². The Morgan fingerprint density at radius 1 is 1.47 bits per heavy atom. The van der Waals surface area contributed by atoms with Crippen LogP contribution in [0.4, 0.5) is 0 Å². The van der Waals surface area contributed by atoms with Crippen LogP contribution in [-0.2, 0) is 4.74 Å². The molecule has 1 aliphatic heterocycles. The first-order valence-electron chi connectivity index (χ1n) is 5.67. The zero-order chi connectivity index (χ0) is 11.3. The fourth-order valence-electron chi connectivity index (χ4n) is 1.50. The van der Waals surface area contributed by atoms with Gasteiger partial charge in [0.2, 0.25) is 0 Å². The molecule has 0 aromatic heterocycles. The van der Waals surface area contributed by atoms with Crippen LogP contribution >= 0.6 is 11.8 Å². The van der Waals surface area contributed by atoms with E-state index in [0.29, 0.717) is 19.2 Å². The van der Waals surface area contributed by atoms with Gasteiger partial charge in [0.1, 0.15) is 0 Å². The predicted molar refractivity (Wildman–Crippen MR) is 65.4 cm³/mol. The van der Waals surface area contributed by atoms with Crippen molar-refractivity contribution in [3.8, 4) is 0 Å². The average Bonchev–Trinajstić information content (AvgIpc) is 2.60. The molecule has 1 rings (SSSR count). The van der Waals surface area contributed by atoms with Gasteiger partial charge < -0.3 is 15.2 Å². The zero-order valence-electron chi connectivity index (χ0n) is 9.95. The number of hydrogen-bond donors (Lipinski definition) is 2. The number of thioether (sulfide) groups is 1. The van der Waals surface area contributed by atoms with Crippen molar-refractivity contribution in [2.24, 2.45) is 0 Å². The van der Waals surface area contributed by atoms with Gasteiger partial charge in [0.25, 0.3) is 0 Å². The van der Waals surface area contributed by atoms with Crippen molar-refractivity contribution in [1.82, 2.24) is 5.32 Å². The number of ether oxygens (including phenoxy) is 1. The number of nitrogens with one attached hydrogen (secondary N) is 1. The molecule has 1 heterocycles. The molecule has 1 fully saturated rings. The summed E-state index contributed by atoms with van der Waals surface area (Å²) >= 11 is 1.83. The van der Waals surface area contributed by atoms with Gasteiger partial charge in [-0.05, 0) is 32.9 Å². The molecule has 0 aromatic carbocycles. The van der Waals surface area contributed by atoms with Crippen molar-refractivity contribution >= 4 is 11.8 Å². The monoisotopic (exact) mass is 233 g/mol. The highest BCUT2D eigenvalue weighted by Crippen LogP contribution is 2.26. The minimum absolute atomic E-state index is 0.277. The van der Waals surface area contributed by atoms with Gasteiger partial charge in [0.05, 0.1) is 18.3 Å². The Bertz CT molecular complexity index is 181. The second-order valence-corrected chi connectivity index (χ2v) is 5.80. The largest absolute Gasteiger partial charge is 0.388 e. The summed E-state index contributed by atoms with van der Waals surface area (Å²) in [4.78, 5) is 0. The molecule has 3 nitrogen and oxygen atoms in total. The second kappa shape index (κ2) is 6.09. The summed E-state index contributed by atoms with van der Waals surface area (Å²) in [7, 11) is 0. The molecule has 15 heavy (non-hydrogen) atoms. The van der Waals surface area contributed by atoms with Gasteiger partial charge in [0.15, 0.2) is 0 Å². The van der Waals surface area contributed by atoms with Crippen LogP contribution in [0, 0.1) is 0 Å². The average molecular weight is 233 g/mol. The summed E-state index contributed by atoms with van der Waals surface area (Å²) in [6, 6.07) is 0.307. The van der Waals surface area contributed by atoms with Gasteiger partial charge in [-0.3, -0.25) is 0 Å². The normalized spacial score (nSPS) is 28.6. The van der Waals surface area contributed by atoms with Crippen molar-refractivity contribution in [2.75, 3.05) is 24.7 Å². The minimum Gasteiger partial charge on any atom is -0.388 e. The number of rotatable bonds is 6. The van der Waals surface area contributed by atoms with E-state index in [2.05, 4.69) is 12.2 Å². The Labute approximate surface area is 97.0 Å². The van der Waals surface area contributed by atoms with Gasteiger partial charge >= 0.3 is 0 Å². The predicted octanol–water partition coefficient (Wildman–Crippen LogP) is 1.26. The Balaban J connectivity index is 2.13. The van der Waals surface area contributed by atoms with Crippen LogP contribution in [0.2, 0.25) is 0 Å². The fourth-order valence-corrected chi connectivity index (χ4v) is 2.79. The number of hydrogen-bond acceptors (Lipinski definition) is 4. The van der Waals surface area contributed by atoms with Crippen molar-refractivity contribution in [3.63, 3.8) is 0 Å². The summed E-state index contributed by atoms with van der Waals surface area (Å²) < 4.78 is 5.50. The highest BCUT2D eigenvalue weighted by Gasteiger charge is 2.31. The van der Waals surface area contributed by atoms with Gasteiger partial charge in [0, 0.05) is 18.3 Å². The van der Waals surface area contributed by atoms with Gasteiger partial charge in [-0.2, -0.15) is 11.8 Å². The molecule has 90 valence electrons. The third-order valence-electron chi connectivity index (χ3n) is 2.54. The topological polar surface area (TPSA) is 41.5 Å². The quantitative estimate of drug-likeness (QED) is 0.725. The first-order valence-corrected chi connectivity index (χ1v) is 6.82. The molecule has 0 spiro atoms. The van der Waals surface area contributed by atoms with Crippen LogP contribution in [0.3, 0.4) is 0 Å². The smallest absolute Gasteiger partial charge is 0.0869 e. The minimum atomic E-state index is -0.489. The van der Waals surface area contributed by atoms with E-state index in [1.54, 1.807) is 0 Å². The zero-order valence-corrected chi connectivity index (χ0v) is 10.8. The molecule has 0 amide bonds. The standard InChI is InChI=1S/C11H23NO2S/c1-9(2)14-6-10(3)12-7-11(13)4-5-15-8-11/h9-10,12-13H,4-8H2,1-3H3. The van der Waals surface area contributed by atoms with Gasteiger partial charge in [-0.25, -0.2) is 0 Å². The molecule has 1 saturated heterocycles. The van der Waals surface area contributed by atoms with Gasteiger partial charge in [-0.15, -0.1) is 0 Å². The lowest BCUT2D eigenvalue weighted by Crippen LogP contribution is -2.45. The summed E-state index contributed by atoms with van der Waals surface area (Å²) in [5, 5.41) is 13.4. The molecule has 2 N–H and O–H groups in total. The molecule has 0 aliphatic carbocycles. The second-order valence-electron chi connectivity index (χ2n) is 4.69. The molecular formula is C11H23NO2S. The molecular weight excluding hydrogens is 210 g/mol. The molecule has 0 bridgehead atoms. The first kappa shape index (κ1) is 13.3. The van der Waals surface area contributed by atoms with E-state index in [1.165, 1.54) is 0 Å². The lowest BCUT2D eigenvalue weighted by Gasteiger charge is -2.24. The van der Waals surface area contributed by atoms with E-state index in [0.717, 1.165) is 17.9 Å². The Hall–Kier alpha value is 0.230. The molecule has 2 atom stereocenters. The lowest BCUT2D eigenvalue weighted by molar-refractivity contribution is 0.0428. The SMILES string of the molecule is CC(COC(C)C)NCC1(O)CCSC1. The van der Waals surface area contributed by atoms with Crippen LogP contribution in [0.15, 0.2) is 0 Å². The summed E-state index contributed by atoms with van der Waals surface area (Å²) in [6.07, 6.45) is 1.18. The number of aliphatic hydroxyl groups is 1. The van der Waals surface area contributed by atoms with Crippen LogP contribution in [0.1, 0.15) is 27.2 Å². The van der Waals surface area contributed by atoms with Crippen LogP contribution in [0.5, 0.6) is 0 Å². The summed E-state index contributed by atoms with van der Waals surface area (Å²) in [5.74, 6) is 1.94. The van der Waals surface area contributed by atoms with E-state index in [9.17, 15) is 5.11 Å². The highest BCUT2D eigenvalue weighted by molar-refractivity contribution is 7.99. The van der Waals surface area contributed by atoms with E-state index < -0.39 is 5.60 Å². The van der Waals surface area contributed by atoms with Crippen molar-refractivity contribution < 1.29 is 9.84 Å². The maximum absolute atomic E-state index is 10.1. The summed E-state index contributed by atoms with van der Waals surface area (Å²) in [5.41, 5.74) is -0.489. The molecule has 0 radical (unpaired) electrons. The molecule has 1 aliphatic rings. The highest BCUT2D eigenvalue weighted by atomic mass is 32.2. The van der Waals surface area contributed by atoms with E-state index in [-0.39, 0.29) is 6.10 Å². The maximum Gasteiger partial charge on any atom is 0.0869 e. The Morgan fingerprint density at radius 3 is 2.73 bits per heavy atom. The first-order chi connectivity index (χ1) is 7.02. The van der Waals surface area contributed by atoms with Crippen LogP contribution < -0.4 is 5.32 Å². The Morgan fingerprint density at radius 2 is 2.20 bits per heavy atom. The maximum atomic E-state index is 10.1. The third-order valence-corrected chi connectivity index (χ3v) is 3.78. The summed E-state index contributed by atoms with van der Waals surface area (Å²) in [6.45, 7) is 7.55. The Kier molecular flexibility index (Phi) is 5.39. The van der Waals surface area contributed by atoms with E-state index in [1.807, 2.05) is 25.6 Å². The molecule has 4 heteroatoms. The van der Waals surface area contributed by atoms with Crippen molar-refractivity contribution in [1.29, 1.82) is 0 Å². The fraction of sp³-hybridized carbons (Fsp3) is 1.00. The molecule has 0 saturated carbocycles. The third kappa shape index (κ3) is 5.20. The van der Waals surface area contributed by atoms with Gasteiger partial charge in [-0.1, -0.05) is 0 Å². The molecule has 0 aromatic rings. The lowest BCUT2D eigenvalue weighted by atomic mass is 10.0. The molecule has 2 unspecified atom stereocenters. The van der Waals surface area contributed by atoms with E-state index in [4.69, 9.17) is 4.74 Å². The van der Waals surface area contributed by atoms with Crippen LogP contribution in [-0.4, -0.2) is 47.5 Å². The van der Waals surface area contributed by atoms with Crippen LogP contribution in [0.25, 0.3) is 0 Å². The van der Waals surface area contributed by atoms with E-state index >= 15 is 0 Å².